The van der Waals surface area contributed by atoms with Gasteiger partial charge in [0.2, 0.25) is 5.91 Å². The molecule has 0 heterocycles. The maximum Gasteiger partial charge on any atom is 0.305 e. The number of carboxylic acids is 1. The molecule has 36 heavy (non-hydrogen) atoms. The molecule has 0 aliphatic heterocycles. The first kappa shape index (κ1) is 26.5. The van der Waals surface area contributed by atoms with E-state index in [4.69, 9.17) is 5.11 Å². The highest BCUT2D eigenvalue weighted by Gasteiger charge is 2.30. The van der Waals surface area contributed by atoms with Crippen LogP contribution in [0.15, 0.2) is 42.5 Å². The van der Waals surface area contributed by atoms with Gasteiger partial charge in [-0.25, -0.2) is 0 Å². The molecule has 0 fully saturated rings. The third kappa shape index (κ3) is 5.73. The standard InChI is InChI=1S/C27H28N2O7/c1-14(2)24(22(31)10-15(3)26(35)28-17(13-30)12-23(32)33)29-27(36)16-8-9-19-18-6-4-5-7-20(18)25(34)21(19)11-16/h4-9,11,13-15,17,24H,10,12H2,1-3H3,(H,28,35)(H,29,36)(H,32,33)/t15?,17-,24-/m0/s1. The van der Waals surface area contributed by atoms with E-state index in [-0.39, 0.29) is 29.5 Å². The third-order valence-electron chi connectivity index (χ3n) is 6.13. The van der Waals surface area contributed by atoms with E-state index in [9.17, 15) is 28.8 Å². The van der Waals surface area contributed by atoms with Crippen LogP contribution in [0.3, 0.4) is 0 Å². The van der Waals surface area contributed by atoms with Crippen molar-refractivity contribution >= 4 is 35.6 Å². The molecule has 2 aromatic rings. The van der Waals surface area contributed by atoms with Gasteiger partial charge in [0, 0.05) is 29.0 Å². The molecule has 0 radical (unpaired) electrons. The summed E-state index contributed by atoms with van der Waals surface area (Å²) in [6, 6.07) is 9.96. The first-order valence-corrected chi connectivity index (χ1v) is 11.6. The zero-order valence-corrected chi connectivity index (χ0v) is 20.2. The van der Waals surface area contributed by atoms with E-state index in [2.05, 4.69) is 10.6 Å². The van der Waals surface area contributed by atoms with Crippen LogP contribution in [0.2, 0.25) is 0 Å². The van der Waals surface area contributed by atoms with E-state index < -0.39 is 42.2 Å². The lowest BCUT2D eigenvalue weighted by molar-refractivity contribution is -0.139. The third-order valence-corrected chi connectivity index (χ3v) is 6.13. The molecular weight excluding hydrogens is 464 g/mol. The summed E-state index contributed by atoms with van der Waals surface area (Å²) in [4.78, 5) is 72.9. The maximum atomic E-state index is 13.0. The molecule has 3 N–H and O–H groups in total. The molecule has 9 nitrogen and oxygen atoms in total. The fraction of sp³-hybridized carbons (Fsp3) is 0.333. The average molecular weight is 493 g/mol. The van der Waals surface area contributed by atoms with Gasteiger partial charge in [-0.05, 0) is 29.2 Å². The lowest BCUT2D eigenvalue weighted by Gasteiger charge is -2.23. The second kappa shape index (κ2) is 11.1. The number of hydrogen-bond donors (Lipinski definition) is 3. The molecule has 1 unspecified atom stereocenters. The Balaban J connectivity index is 1.68. The highest BCUT2D eigenvalue weighted by atomic mass is 16.4. The Morgan fingerprint density at radius 1 is 0.889 bits per heavy atom. The van der Waals surface area contributed by atoms with Crippen LogP contribution in [-0.4, -0.2) is 52.8 Å². The molecule has 188 valence electrons. The first-order chi connectivity index (χ1) is 17.0. The van der Waals surface area contributed by atoms with Gasteiger partial charge in [-0.3, -0.25) is 24.0 Å². The Morgan fingerprint density at radius 3 is 2.14 bits per heavy atom. The van der Waals surface area contributed by atoms with Gasteiger partial charge in [0.1, 0.15) is 6.29 Å². The largest absolute Gasteiger partial charge is 0.481 e. The van der Waals surface area contributed by atoms with Gasteiger partial charge in [-0.15, -0.1) is 0 Å². The molecule has 3 rings (SSSR count). The van der Waals surface area contributed by atoms with Crippen LogP contribution >= 0.6 is 0 Å². The molecule has 1 aliphatic carbocycles. The lowest BCUT2D eigenvalue weighted by Crippen LogP contribution is -2.46. The number of ketones is 2. The van der Waals surface area contributed by atoms with Crippen LogP contribution in [-0.2, 0) is 19.2 Å². The zero-order chi connectivity index (χ0) is 26.6. The van der Waals surface area contributed by atoms with Crippen LogP contribution in [0.25, 0.3) is 11.1 Å². The maximum absolute atomic E-state index is 13.0. The lowest BCUT2D eigenvalue weighted by atomic mass is 9.92. The monoisotopic (exact) mass is 492 g/mol. The number of nitrogens with one attached hydrogen (secondary N) is 2. The summed E-state index contributed by atoms with van der Waals surface area (Å²) in [5, 5.41) is 13.8. The van der Waals surface area contributed by atoms with Gasteiger partial charge in [0.15, 0.2) is 11.6 Å². The number of aliphatic carboxylic acids is 1. The van der Waals surface area contributed by atoms with E-state index >= 15 is 0 Å². The number of amides is 2. The second-order valence-electron chi connectivity index (χ2n) is 9.25. The molecule has 2 amide bonds. The van der Waals surface area contributed by atoms with Gasteiger partial charge in [-0.2, -0.15) is 0 Å². The van der Waals surface area contributed by atoms with Gasteiger partial charge in [-0.1, -0.05) is 51.1 Å². The Hall–Kier alpha value is -4.14. The minimum Gasteiger partial charge on any atom is -0.481 e. The average Bonchev–Trinajstić information content (AvgIpc) is 3.12. The fourth-order valence-corrected chi connectivity index (χ4v) is 4.18. The van der Waals surface area contributed by atoms with Crippen molar-refractivity contribution in [3.05, 3.63) is 59.2 Å². The highest BCUT2D eigenvalue weighted by Crippen LogP contribution is 2.36. The number of aldehydes is 1. The molecule has 9 heteroatoms. The number of fused-ring (bicyclic) bond motifs is 3. The van der Waals surface area contributed by atoms with Crippen molar-refractivity contribution in [2.45, 2.75) is 45.7 Å². The van der Waals surface area contributed by atoms with E-state index in [1.807, 2.05) is 12.1 Å². The second-order valence-corrected chi connectivity index (χ2v) is 9.25. The number of Topliss-reactive ketones (excluding diaryl/α,β-unsaturated/α-hetero) is 1. The quantitative estimate of drug-likeness (QED) is 0.348. The number of hydrogen-bond acceptors (Lipinski definition) is 6. The van der Waals surface area contributed by atoms with Crippen molar-refractivity contribution in [1.82, 2.24) is 10.6 Å². The fourth-order valence-electron chi connectivity index (χ4n) is 4.18. The minimum absolute atomic E-state index is 0.164. The minimum atomic E-state index is -1.24. The summed E-state index contributed by atoms with van der Waals surface area (Å²) < 4.78 is 0. The molecule has 2 aromatic carbocycles. The van der Waals surface area contributed by atoms with Crippen molar-refractivity contribution in [1.29, 1.82) is 0 Å². The number of carbonyl (C=O) groups excluding carboxylic acids is 5. The van der Waals surface area contributed by atoms with Gasteiger partial charge in [0.05, 0.1) is 18.5 Å². The zero-order valence-electron chi connectivity index (χ0n) is 20.2. The highest BCUT2D eigenvalue weighted by molar-refractivity contribution is 6.22. The van der Waals surface area contributed by atoms with E-state index in [0.717, 1.165) is 11.1 Å². The number of benzene rings is 2. The molecule has 0 bridgehead atoms. The number of carbonyl (C=O) groups is 6. The van der Waals surface area contributed by atoms with E-state index in [0.29, 0.717) is 17.4 Å². The Labute approximate surface area is 208 Å². The van der Waals surface area contributed by atoms with Crippen LogP contribution in [0.1, 0.15) is 59.9 Å². The van der Waals surface area contributed by atoms with Crippen LogP contribution in [0.4, 0.5) is 0 Å². The molecule has 3 atom stereocenters. The van der Waals surface area contributed by atoms with Crippen molar-refractivity contribution in [2.24, 2.45) is 11.8 Å². The summed E-state index contributed by atoms with van der Waals surface area (Å²) in [5.41, 5.74) is 2.80. The summed E-state index contributed by atoms with van der Waals surface area (Å²) in [6.45, 7) is 5.00. The smallest absolute Gasteiger partial charge is 0.305 e. The van der Waals surface area contributed by atoms with E-state index in [1.165, 1.54) is 13.0 Å². The summed E-state index contributed by atoms with van der Waals surface area (Å²) in [5.74, 6) is -4.07. The topological polar surface area (TPSA) is 147 Å². The predicted molar refractivity (Wildman–Crippen MR) is 130 cm³/mol. The summed E-state index contributed by atoms with van der Waals surface area (Å²) >= 11 is 0. The van der Waals surface area contributed by atoms with E-state index in [1.54, 1.807) is 38.1 Å². The SMILES string of the molecule is CC(CC(=O)[C@@H](NC(=O)c1ccc2c(c1)C(=O)c1ccccc1-2)C(C)C)C(=O)N[C@H](C=O)CC(=O)O. The first-order valence-electron chi connectivity index (χ1n) is 11.6. The molecule has 0 spiro atoms. The van der Waals surface area contributed by atoms with Crippen LogP contribution in [0, 0.1) is 11.8 Å². The van der Waals surface area contributed by atoms with Crippen LogP contribution < -0.4 is 10.6 Å². The van der Waals surface area contributed by atoms with Crippen molar-refractivity contribution in [3.63, 3.8) is 0 Å². The summed E-state index contributed by atoms with van der Waals surface area (Å²) in [6.07, 6.45) is -0.446. The molecule has 0 saturated heterocycles. The molecule has 0 aromatic heterocycles. The Morgan fingerprint density at radius 2 is 1.53 bits per heavy atom. The summed E-state index contributed by atoms with van der Waals surface area (Å²) in [7, 11) is 0. The number of rotatable bonds is 11. The van der Waals surface area contributed by atoms with Gasteiger partial charge >= 0.3 is 5.97 Å². The van der Waals surface area contributed by atoms with Crippen molar-refractivity contribution < 1.29 is 33.9 Å². The Bertz CT molecular complexity index is 1230. The van der Waals surface area contributed by atoms with Gasteiger partial charge in [0.25, 0.3) is 5.91 Å². The predicted octanol–water partition coefficient (Wildman–Crippen LogP) is 2.41. The Kier molecular flexibility index (Phi) is 8.14. The normalized spacial score (nSPS) is 14.3. The van der Waals surface area contributed by atoms with Crippen molar-refractivity contribution in [3.8, 4) is 11.1 Å². The molecule has 0 saturated carbocycles. The van der Waals surface area contributed by atoms with Crippen LogP contribution in [0.5, 0.6) is 0 Å². The van der Waals surface area contributed by atoms with Crippen molar-refractivity contribution in [2.75, 3.05) is 0 Å². The van der Waals surface area contributed by atoms with Gasteiger partial charge < -0.3 is 20.5 Å². The number of carboxylic acid groups (broad SMARTS) is 1. The molecular formula is C27H28N2O7. The molecule has 1 aliphatic rings.